The van der Waals surface area contributed by atoms with E-state index in [0.29, 0.717) is 30.8 Å². The van der Waals surface area contributed by atoms with Gasteiger partial charge >= 0.3 is 0 Å². The lowest BCUT2D eigenvalue weighted by molar-refractivity contribution is -0.137. The van der Waals surface area contributed by atoms with Gasteiger partial charge in [-0.2, -0.15) is 0 Å². The Labute approximate surface area is 136 Å². The van der Waals surface area contributed by atoms with E-state index in [4.69, 9.17) is 11.6 Å². The van der Waals surface area contributed by atoms with Crippen molar-refractivity contribution < 1.29 is 9.59 Å². The Bertz CT molecular complexity index is 555. The summed E-state index contributed by atoms with van der Waals surface area (Å²) in [4.78, 5) is 24.5. The van der Waals surface area contributed by atoms with Gasteiger partial charge in [-0.3, -0.25) is 9.59 Å². The minimum absolute atomic E-state index is 0.101. The highest BCUT2D eigenvalue weighted by Crippen LogP contribution is 2.46. The van der Waals surface area contributed by atoms with Crippen LogP contribution < -0.4 is 10.6 Å². The normalized spacial score (nSPS) is 16.7. The Kier molecular flexibility index (Phi) is 5.46. The molecule has 1 aliphatic rings. The molecule has 0 heterocycles. The molecule has 0 bridgehead atoms. The Morgan fingerprint density at radius 3 is 2.64 bits per heavy atom. The number of carbonyl (C=O) groups is 2. The zero-order chi connectivity index (χ0) is 16.2. The molecule has 1 unspecified atom stereocenters. The number of nitrogens with one attached hydrogen (secondary N) is 2. The summed E-state index contributed by atoms with van der Waals surface area (Å²) < 4.78 is 0. The van der Waals surface area contributed by atoms with E-state index in [0.717, 1.165) is 12.0 Å². The average Bonchev–Trinajstić information content (AvgIpc) is 3.28. The van der Waals surface area contributed by atoms with Crippen LogP contribution in [-0.2, 0) is 16.0 Å². The van der Waals surface area contributed by atoms with Crippen LogP contribution >= 0.6 is 11.6 Å². The van der Waals surface area contributed by atoms with E-state index < -0.39 is 5.41 Å². The maximum atomic E-state index is 12.3. The van der Waals surface area contributed by atoms with Crippen LogP contribution in [-0.4, -0.2) is 24.4 Å². The largest absolute Gasteiger partial charge is 0.355 e. The minimum Gasteiger partial charge on any atom is -0.355 e. The number of rotatable bonds is 7. The minimum atomic E-state index is -0.836. The number of benzene rings is 1. The van der Waals surface area contributed by atoms with Gasteiger partial charge in [-0.1, -0.05) is 30.7 Å². The summed E-state index contributed by atoms with van der Waals surface area (Å²) in [6.07, 6.45) is 2.84. The molecule has 1 aliphatic carbocycles. The zero-order valence-corrected chi connectivity index (χ0v) is 13.9. The Morgan fingerprint density at radius 2 is 2.05 bits per heavy atom. The lowest BCUT2D eigenvalue weighted by atomic mass is 10.0. The lowest BCUT2D eigenvalue weighted by Crippen LogP contribution is -2.46. The zero-order valence-electron chi connectivity index (χ0n) is 13.1. The SMILES string of the molecule is CCC(C)NC(=O)C1(C(=O)NCCc2cccc(Cl)c2)CC1. The number of hydrogen-bond acceptors (Lipinski definition) is 2. The fraction of sp³-hybridized carbons (Fsp3) is 0.529. The van der Waals surface area contributed by atoms with Gasteiger partial charge in [0.05, 0.1) is 0 Å². The third kappa shape index (κ3) is 4.01. The fourth-order valence-electron chi connectivity index (χ4n) is 2.33. The van der Waals surface area contributed by atoms with Gasteiger partial charge in [0.1, 0.15) is 5.41 Å². The topological polar surface area (TPSA) is 58.2 Å². The quantitative estimate of drug-likeness (QED) is 0.758. The number of amides is 2. The third-order valence-corrected chi connectivity index (χ3v) is 4.43. The van der Waals surface area contributed by atoms with Crippen LogP contribution in [0.5, 0.6) is 0 Å². The molecule has 1 fully saturated rings. The first-order chi connectivity index (χ1) is 10.5. The Morgan fingerprint density at radius 1 is 1.32 bits per heavy atom. The van der Waals surface area contributed by atoms with Gasteiger partial charge in [-0.05, 0) is 50.3 Å². The van der Waals surface area contributed by atoms with Gasteiger partial charge < -0.3 is 10.6 Å². The van der Waals surface area contributed by atoms with Gasteiger partial charge in [0, 0.05) is 17.6 Å². The standard InChI is InChI=1S/C17H23ClN2O2/c1-3-12(2)20-16(22)17(8-9-17)15(21)19-10-7-13-5-4-6-14(18)11-13/h4-6,11-12H,3,7-10H2,1-2H3,(H,19,21)(H,20,22). The second-order valence-corrected chi connectivity index (χ2v) is 6.44. The third-order valence-electron chi connectivity index (χ3n) is 4.20. The van der Waals surface area contributed by atoms with Crippen molar-refractivity contribution >= 4 is 23.4 Å². The van der Waals surface area contributed by atoms with Crippen LogP contribution in [0.3, 0.4) is 0 Å². The molecule has 2 amide bonds. The Hall–Kier alpha value is -1.55. The molecule has 2 rings (SSSR count). The lowest BCUT2D eigenvalue weighted by Gasteiger charge is -2.18. The van der Waals surface area contributed by atoms with Gasteiger partial charge in [-0.15, -0.1) is 0 Å². The summed E-state index contributed by atoms with van der Waals surface area (Å²) in [6, 6.07) is 7.67. The highest BCUT2D eigenvalue weighted by atomic mass is 35.5. The van der Waals surface area contributed by atoms with E-state index >= 15 is 0 Å². The first kappa shape index (κ1) is 16.8. The van der Waals surface area contributed by atoms with Crippen molar-refractivity contribution in [1.82, 2.24) is 10.6 Å². The van der Waals surface area contributed by atoms with Gasteiger partial charge in [0.25, 0.3) is 0 Å². The van der Waals surface area contributed by atoms with Crippen molar-refractivity contribution in [3.63, 3.8) is 0 Å². The predicted octanol–water partition coefficient (Wildman–Crippen LogP) is 2.69. The van der Waals surface area contributed by atoms with Crippen LogP contribution in [0.25, 0.3) is 0 Å². The van der Waals surface area contributed by atoms with Crippen LogP contribution in [0.4, 0.5) is 0 Å². The molecule has 0 saturated heterocycles. The maximum Gasteiger partial charge on any atom is 0.235 e. The van der Waals surface area contributed by atoms with E-state index in [1.54, 1.807) is 0 Å². The monoisotopic (exact) mass is 322 g/mol. The number of carbonyl (C=O) groups excluding carboxylic acids is 2. The second kappa shape index (κ2) is 7.14. The molecule has 0 spiro atoms. The van der Waals surface area contributed by atoms with Crippen molar-refractivity contribution in [2.45, 2.75) is 45.6 Å². The van der Waals surface area contributed by atoms with E-state index in [9.17, 15) is 9.59 Å². The molecule has 120 valence electrons. The van der Waals surface area contributed by atoms with E-state index in [1.807, 2.05) is 38.1 Å². The van der Waals surface area contributed by atoms with Gasteiger partial charge in [0.15, 0.2) is 0 Å². The molecule has 2 N–H and O–H groups in total. The van der Waals surface area contributed by atoms with E-state index in [2.05, 4.69) is 10.6 Å². The molecule has 1 aromatic rings. The van der Waals surface area contributed by atoms with Crippen molar-refractivity contribution in [3.05, 3.63) is 34.9 Å². The molecule has 1 saturated carbocycles. The number of hydrogen-bond donors (Lipinski definition) is 2. The predicted molar refractivity (Wildman–Crippen MR) is 87.7 cm³/mol. The summed E-state index contributed by atoms with van der Waals surface area (Å²) in [6.45, 7) is 4.47. The molecule has 0 aromatic heterocycles. The molecular formula is C17H23ClN2O2. The molecule has 5 heteroatoms. The first-order valence-corrected chi connectivity index (χ1v) is 8.19. The molecule has 0 radical (unpaired) electrons. The van der Waals surface area contributed by atoms with Crippen LogP contribution in [0, 0.1) is 5.41 Å². The van der Waals surface area contributed by atoms with Crippen molar-refractivity contribution in [2.75, 3.05) is 6.54 Å². The average molecular weight is 323 g/mol. The van der Waals surface area contributed by atoms with Crippen molar-refractivity contribution in [1.29, 1.82) is 0 Å². The maximum absolute atomic E-state index is 12.3. The van der Waals surface area contributed by atoms with Crippen LogP contribution in [0.15, 0.2) is 24.3 Å². The van der Waals surface area contributed by atoms with Crippen molar-refractivity contribution in [3.8, 4) is 0 Å². The molecule has 4 nitrogen and oxygen atoms in total. The highest BCUT2D eigenvalue weighted by Gasteiger charge is 2.56. The smallest absolute Gasteiger partial charge is 0.235 e. The summed E-state index contributed by atoms with van der Waals surface area (Å²) in [7, 11) is 0. The molecule has 1 aromatic carbocycles. The first-order valence-electron chi connectivity index (χ1n) is 7.81. The number of halogens is 1. The summed E-state index contributed by atoms with van der Waals surface area (Å²) in [5.74, 6) is -0.294. The fourth-order valence-corrected chi connectivity index (χ4v) is 2.54. The molecule has 22 heavy (non-hydrogen) atoms. The Balaban J connectivity index is 1.83. The highest BCUT2D eigenvalue weighted by molar-refractivity contribution is 6.30. The molecule has 0 aliphatic heterocycles. The van der Waals surface area contributed by atoms with Crippen molar-refractivity contribution in [2.24, 2.45) is 5.41 Å². The van der Waals surface area contributed by atoms with E-state index in [1.165, 1.54) is 0 Å². The van der Waals surface area contributed by atoms with Crippen LogP contribution in [0.1, 0.15) is 38.7 Å². The molecular weight excluding hydrogens is 300 g/mol. The second-order valence-electron chi connectivity index (χ2n) is 6.00. The summed E-state index contributed by atoms with van der Waals surface area (Å²) in [5.41, 5.74) is 0.235. The summed E-state index contributed by atoms with van der Waals surface area (Å²) >= 11 is 5.93. The van der Waals surface area contributed by atoms with Gasteiger partial charge in [-0.25, -0.2) is 0 Å². The van der Waals surface area contributed by atoms with Gasteiger partial charge in [0.2, 0.25) is 11.8 Å². The van der Waals surface area contributed by atoms with Crippen LogP contribution in [0.2, 0.25) is 5.02 Å². The van der Waals surface area contributed by atoms with E-state index in [-0.39, 0.29) is 17.9 Å². The molecule has 1 atom stereocenters. The summed E-state index contributed by atoms with van der Waals surface area (Å²) in [5, 5.41) is 6.48.